The van der Waals surface area contributed by atoms with E-state index in [1.165, 1.54) is 5.56 Å². The van der Waals surface area contributed by atoms with Crippen LogP contribution in [-0.4, -0.2) is 40.6 Å². The molecule has 0 saturated carbocycles. The molecule has 138 valence electrons. The molecule has 1 N–H and O–H groups in total. The molecule has 0 bridgehead atoms. The molecule has 1 heterocycles. The van der Waals surface area contributed by atoms with Crippen LogP contribution in [0.1, 0.15) is 18.4 Å². The molecule has 2 aromatic rings. The van der Waals surface area contributed by atoms with Crippen molar-refractivity contribution in [1.29, 1.82) is 0 Å². The zero-order chi connectivity index (χ0) is 18.4. The van der Waals surface area contributed by atoms with Crippen LogP contribution in [0.2, 0.25) is 0 Å². The first-order chi connectivity index (χ1) is 12.6. The fourth-order valence-corrected chi connectivity index (χ4v) is 3.60. The molecule has 3 rings (SSSR count). The lowest BCUT2D eigenvalue weighted by atomic mass is 10.0. The van der Waals surface area contributed by atoms with Crippen molar-refractivity contribution in [2.24, 2.45) is 0 Å². The number of ether oxygens (including phenoxy) is 1. The Morgan fingerprint density at radius 3 is 2.38 bits per heavy atom. The molecule has 0 aromatic heterocycles. The van der Waals surface area contributed by atoms with Crippen molar-refractivity contribution in [1.82, 2.24) is 10.2 Å². The molecule has 1 fully saturated rings. The molecule has 1 aliphatic rings. The molecule has 1 aliphatic heterocycles. The summed E-state index contributed by atoms with van der Waals surface area (Å²) >= 11 is 0. The van der Waals surface area contributed by atoms with Gasteiger partial charge < -0.3 is 10.1 Å². The molecule has 26 heavy (non-hydrogen) atoms. The summed E-state index contributed by atoms with van der Waals surface area (Å²) in [5.74, 6) is 0.457. The third kappa shape index (κ3) is 5.41. The minimum absolute atomic E-state index is 0.136. The molecular weight excluding hydrogens is 348 g/mol. The van der Waals surface area contributed by atoms with Gasteiger partial charge in [0.2, 0.25) is 0 Å². The normalized spacial score (nSPS) is 16.8. The number of amides is 1. The lowest BCUT2D eigenvalue weighted by Gasteiger charge is -2.32. The molecule has 1 saturated heterocycles. The van der Waals surface area contributed by atoms with Gasteiger partial charge in [-0.1, -0.05) is 30.3 Å². The largest absolute Gasteiger partial charge is 0.412 e. The van der Waals surface area contributed by atoms with Crippen molar-refractivity contribution in [3.63, 3.8) is 0 Å². The van der Waals surface area contributed by atoms with Crippen LogP contribution in [0.3, 0.4) is 0 Å². The monoisotopic (exact) mass is 372 g/mol. The van der Waals surface area contributed by atoms with Crippen LogP contribution in [0.15, 0.2) is 59.5 Å². The zero-order valence-corrected chi connectivity index (χ0v) is 15.7. The summed E-state index contributed by atoms with van der Waals surface area (Å²) in [4.78, 5) is 15.2. The predicted molar refractivity (Wildman–Crippen MR) is 103 cm³/mol. The molecule has 6 heteroatoms. The number of likely N-dealkylation sites (tertiary alicyclic amines) is 1. The summed E-state index contributed by atoms with van der Waals surface area (Å²) in [6.07, 6.45) is 3.01. The maximum absolute atomic E-state index is 12.1. The molecule has 0 aliphatic carbocycles. The smallest absolute Gasteiger partial charge is 0.410 e. The van der Waals surface area contributed by atoms with Crippen LogP contribution in [0.5, 0.6) is 5.75 Å². The highest BCUT2D eigenvalue weighted by molar-refractivity contribution is 7.84. The van der Waals surface area contributed by atoms with Crippen LogP contribution >= 0.6 is 0 Å². The van der Waals surface area contributed by atoms with Gasteiger partial charge in [0.1, 0.15) is 5.75 Å². The molecule has 2 aromatic carbocycles. The minimum atomic E-state index is -1.03. The van der Waals surface area contributed by atoms with Gasteiger partial charge in [0.15, 0.2) is 0 Å². The van der Waals surface area contributed by atoms with E-state index in [0.717, 1.165) is 32.5 Å². The second-order valence-electron chi connectivity index (χ2n) is 6.50. The zero-order valence-electron chi connectivity index (χ0n) is 14.9. The summed E-state index contributed by atoms with van der Waals surface area (Å²) in [6, 6.07) is 17.3. The van der Waals surface area contributed by atoms with Crippen molar-refractivity contribution in [3.05, 3.63) is 60.2 Å². The van der Waals surface area contributed by atoms with E-state index in [2.05, 4.69) is 34.5 Å². The second kappa shape index (κ2) is 8.96. The van der Waals surface area contributed by atoms with E-state index >= 15 is 0 Å². The number of hydrogen-bond acceptors (Lipinski definition) is 4. The van der Waals surface area contributed by atoms with Crippen LogP contribution in [-0.2, 0) is 17.3 Å². The van der Waals surface area contributed by atoms with Gasteiger partial charge in [-0.2, -0.15) is 0 Å². The Hall–Kier alpha value is -2.18. The number of piperidine rings is 1. The van der Waals surface area contributed by atoms with E-state index in [1.807, 2.05) is 6.07 Å². The lowest BCUT2D eigenvalue weighted by molar-refractivity contribution is 0.169. The van der Waals surface area contributed by atoms with Gasteiger partial charge in [0.05, 0.1) is 0 Å². The van der Waals surface area contributed by atoms with Crippen LogP contribution in [0.4, 0.5) is 4.79 Å². The van der Waals surface area contributed by atoms with Crippen LogP contribution < -0.4 is 10.1 Å². The number of nitrogens with zero attached hydrogens (tertiary/aromatic N) is 1. The summed E-state index contributed by atoms with van der Waals surface area (Å²) in [7, 11) is -1.03. The Labute approximate surface area is 156 Å². The maximum Gasteiger partial charge on any atom is 0.412 e. The standard InChI is InChI=1S/C20H24N2O3S/c1-26(24)19-9-7-18(8-10-19)25-20(23)21-17-11-13-22(14-12-17)15-16-5-3-2-4-6-16/h2-10,17H,11-15H2,1H3,(H,21,23). The maximum atomic E-state index is 12.1. The second-order valence-corrected chi connectivity index (χ2v) is 7.88. The number of rotatable bonds is 5. The van der Waals surface area contributed by atoms with Gasteiger partial charge >= 0.3 is 6.09 Å². The number of hydrogen-bond donors (Lipinski definition) is 1. The van der Waals surface area contributed by atoms with Crippen LogP contribution in [0, 0.1) is 0 Å². The molecule has 5 nitrogen and oxygen atoms in total. The van der Waals surface area contributed by atoms with Crippen molar-refractivity contribution in [2.75, 3.05) is 19.3 Å². The Bertz CT molecular complexity index is 741. The van der Waals surface area contributed by atoms with Crippen molar-refractivity contribution >= 4 is 16.9 Å². The molecule has 0 spiro atoms. The summed E-state index contributed by atoms with van der Waals surface area (Å²) in [5, 5.41) is 2.94. The van der Waals surface area contributed by atoms with Crippen molar-refractivity contribution in [3.8, 4) is 5.75 Å². The predicted octanol–water partition coefficient (Wildman–Crippen LogP) is 3.18. The quantitative estimate of drug-likeness (QED) is 0.876. The highest BCUT2D eigenvalue weighted by Crippen LogP contribution is 2.16. The molecule has 1 unspecified atom stereocenters. The average molecular weight is 372 g/mol. The third-order valence-corrected chi connectivity index (χ3v) is 5.46. The number of carbonyl (C=O) groups excluding carboxylic acids is 1. The SMILES string of the molecule is CS(=O)c1ccc(OC(=O)NC2CCN(Cc3ccccc3)CC2)cc1. The van der Waals surface area contributed by atoms with E-state index in [9.17, 15) is 9.00 Å². The minimum Gasteiger partial charge on any atom is -0.410 e. The summed E-state index contributed by atoms with van der Waals surface area (Å²) in [5.41, 5.74) is 1.31. The average Bonchev–Trinajstić information content (AvgIpc) is 2.64. The lowest BCUT2D eigenvalue weighted by Crippen LogP contribution is -2.45. The highest BCUT2D eigenvalue weighted by atomic mass is 32.2. The fraction of sp³-hybridized carbons (Fsp3) is 0.350. The first kappa shape index (κ1) is 18.6. The Balaban J connectivity index is 1.42. The van der Waals surface area contributed by atoms with E-state index in [-0.39, 0.29) is 6.04 Å². The first-order valence-electron chi connectivity index (χ1n) is 8.78. The first-order valence-corrected chi connectivity index (χ1v) is 10.3. The van der Waals surface area contributed by atoms with E-state index < -0.39 is 16.9 Å². The number of benzene rings is 2. The van der Waals surface area contributed by atoms with Gasteiger partial charge in [-0.05, 0) is 42.7 Å². The number of carbonyl (C=O) groups is 1. The third-order valence-electron chi connectivity index (χ3n) is 4.52. The van der Waals surface area contributed by atoms with E-state index in [4.69, 9.17) is 4.74 Å². The Morgan fingerprint density at radius 1 is 1.12 bits per heavy atom. The van der Waals surface area contributed by atoms with Gasteiger partial charge in [-0.15, -0.1) is 0 Å². The Kier molecular flexibility index (Phi) is 6.41. The Morgan fingerprint density at radius 2 is 1.77 bits per heavy atom. The fourth-order valence-electron chi connectivity index (χ4n) is 3.08. The van der Waals surface area contributed by atoms with Gasteiger partial charge in [-0.3, -0.25) is 9.11 Å². The van der Waals surface area contributed by atoms with Crippen LogP contribution in [0.25, 0.3) is 0 Å². The van der Waals surface area contributed by atoms with E-state index in [1.54, 1.807) is 30.5 Å². The molecule has 0 radical (unpaired) electrons. The van der Waals surface area contributed by atoms with Gasteiger partial charge in [0, 0.05) is 47.6 Å². The molecule has 1 atom stereocenters. The van der Waals surface area contributed by atoms with E-state index in [0.29, 0.717) is 10.6 Å². The highest BCUT2D eigenvalue weighted by Gasteiger charge is 2.21. The summed E-state index contributed by atoms with van der Waals surface area (Å²) < 4.78 is 16.7. The molecule has 1 amide bonds. The summed E-state index contributed by atoms with van der Waals surface area (Å²) in [6.45, 7) is 2.86. The number of nitrogens with one attached hydrogen (secondary N) is 1. The van der Waals surface area contributed by atoms with Gasteiger partial charge in [-0.25, -0.2) is 4.79 Å². The molecular formula is C20H24N2O3S. The van der Waals surface area contributed by atoms with Crippen molar-refractivity contribution in [2.45, 2.75) is 30.3 Å². The van der Waals surface area contributed by atoms with Gasteiger partial charge in [0.25, 0.3) is 0 Å². The van der Waals surface area contributed by atoms with Crippen molar-refractivity contribution < 1.29 is 13.7 Å². The topological polar surface area (TPSA) is 58.6 Å².